The molecule has 0 radical (unpaired) electrons. The van der Waals surface area contributed by atoms with Crippen molar-refractivity contribution in [3.63, 3.8) is 0 Å². The van der Waals surface area contributed by atoms with Crippen molar-refractivity contribution in [3.8, 4) is 0 Å². The summed E-state index contributed by atoms with van der Waals surface area (Å²) in [5.41, 5.74) is 0. The maximum absolute atomic E-state index is 12.4. The Balaban J connectivity index is 2.06. The Kier molecular flexibility index (Phi) is 5.60. The van der Waals surface area contributed by atoms with Crippen molar-refractivity contribution in [2.75, 3.05) is 6.54 Å². The zero-order valence-electron chi connectivity index (χ0n) is 12.2. The van der Waals surface area contributed by atoms with Crippen LogP contribution in [0.25, 0.3) is 0 Å². The van der Waals surface area contributed by atoms with Gasteiger partial charge in [0.2, 0.25) is 10.0 Å². The summed E-state index contributed by atoms with van der Waals surface area (Å²) < 4.78 is 27.7. The second kappa shape index (κ2) is 7.02. The lowest BCUT2D eigenvalue weighted by Crippen LogP contribution is -2.32. The van der Waals surface area contributed by atoms with Crippen molar-refractivity contribution in [1.29, 1.82) is 0 Å². The van der Waals surface area contributed by atoms with E-state index >= 15 is 0 Å². The third kappa shape index (κ3) is 4.04. The number of hydrogen-bond acceptors (Lipinski definition) is 4. The molecular formula is C14H24N2O2S2. The Bertz CT molecular complexity index is 531. The minimum atomic E-state index is -3.35. The second-order valence-electron chi connectivity index (χ2n) is 5.41. The fraction of sp³-hybridized carbons (Fsp3) is 0.714. The lowest BCUT2D eigenvalue weighted by Gasteiger charge is -2.12. The first kappa shape index (κ1) is 15.9. The predicted molar refractivity (Wildman–Crippen MR) is 83.6 cm³/mol. The average Bonchev–Trinajstić information content (AvgIpc) is 2.99. The minimum absolute atomic E-state index is 0.126. The molecule has 6 heteroatoms. The third-order valence-electron chi connectivity index (χ3n) is 3.62. The van der Waals surface area contributed by atoms with Gasteiger partial charge in [-0.1, -0.05) is 19.8 Å². The molecule has 2 rings (SSSR count). The molecule has 0 aromatic carbocycles. The Labute approximate surface area is 126 Å². The van der Waals surface area contributed by atoms with Crippen molar-refractivity contribution in [2.45, 2.75) is 63.4 Å². The summed E-state index contributed by atoms with van der Waals surface area (Å²) in [6.07, 6.45) is 5.27. The van der Waals surface area contributed by atoms with Crippen LogP contribution >= 0.6 is 11.3 Å². The first-order valence-electron chi connectivity index (χ1n) is 7.35. The first-order valence-corrected chi connectivity index (χ1v) is 9.65. The normalized spacial score (nSPS) is 16.9. The molecule has 1 heterocycles. The summed E-state index contributed by atoms with van der Waals surface area (Å²) in [5.74, 6) is 0. The molecule has 20 heavy (non-hydrogen) atoms. The SMILES string of the molecule is CCCNCc1cc(S(=O)(=O)NC2CCCC2)c(C)s1. The number of sulfonamides is 1. The van der Waals surface area contributed by atoms with Gasteiger partial charge in [-0.2, -0.15) is 0 Å². The molecular weight excluding hydrogens is 292 g/mol. The van der Waals surface area contributed by atoms with Gasteiger partial charge < -0.3 is 5.32 Å². The molecule has 0 amide bonds. The van der Waals surface area contributed by atoms with Gasteiger partial charge in [0.25, 0.3) is 0 Å². The van der Waals surface area contributed by atoms with Crippen LogP contribution in [-0.2, 0) is 16.6 Å². The highest BCUT2D eigenvalue weighted by Gasteiger charge is 2.25. The third-order valence-corrected chi connectivity index (χ3v) is 6.44. The molecule has 0 aliphatic heterocycles. The molecule has 0 atom stereocenters. The number of rotatable bonds is 7. The smallest absolute Gasteiger partial charge is 0.241 e. The Morgan fingerprint density at radius 1 is 1.35 bits per heavy atom. The lowest BCUT2D eigenvalue weighted by atomic mass is 10.3. The van der Waals surface area contributed by atoms with Crippen LogP contribution in [0.15, 0.2) is 11.0 Å². The van der Waals surface area contributed by atoms with Crippen LogP contribution in [0.4, 0.5) is 0 Å². The number of thiophene rings is 1. The summed E-state index contributed by atoms with van der Waals surface area (Å²) in [6, 6.07) is 1.95. The summed E-state index contributed by atoms with van der Waals surface area (Å²) >= 11 is 1.57. The fourth-order valence-electron chi connectivity index (χ4n) is 2.59. The average molecular weight is 316 g/mol. The van der Waals surface area contributed by atoms with E-state index < -0.39 is 10.0 Å². The predicted octanol–water partition coefficient (Wildman–Crippen LogP) is 2.78. The highest BCUT2D eigenvalue weighted by atomic mass is 32.2. The standard InChI is InChI=1S/C14H24N2O2S2/c1-3-8-15-10-13-9-14(11(2)19-13)20(17,18)16-12-6-4-5-7-12/h9,12,15-16H,3-8,10H2,1-2H3. The van der Waals surface area contributed by atoms with E-state index in [1.54, 1.807) is 11.3 Å². The topological polar surface area (TPSA) is 58.2 Å². The molecule has 1 aromatic heterocycles. The molecule has 1 saturated carbocycles. The zero-order chi connectivity index (χ0) is 14.6. The van der Waals surface area contributed by atoms with Crippen molar-refractivity contribution in [1.82, 2.24) is 10.0 Å². The molecule has 4 nitrogen and oxygen atoms in total. The van der Waals surface area contributed by atoms with Crippen LogP contribution in [0.5, 0.6) is 0 Å². The highest BCUT2D eigenvalue weighted by molar-refractivity contribution is 7.89. The Morgan fingerprint density at radius 2 is 2.05 bits per heavy atom. The number of aryl methyl sites for hydroxylation is 1. The zero-order valence-corrected chi connectivity index (χ0v) is 13.9. The molecule has 1 aliphatic carbocycles. The van der Waals surface area contributed by atoms with E-state index in [1.165, 1.54) is 0 Å². The number of hydrogen-bond donors (Lipinski definition) is 2. The van der Waals surface area contributed by atoms with Crippen molar-refractivity contribution >= 4 is 21.4 Å². The van der Waals surface area contributed by atoms with Gasteiger partial charge in [0.15, 0.2) is 0 Å². The maximum atomic E-state index is 12.4. The van der Waals surface area contributed by atoms with Gasteiger partial charge in [-0.05, 0) is 38.8 Å². The molecule has 1 aliphatic rings. The van der Waals surface area contributed by atoms with E-state index in [4.69, 9.17) is 0 Å². The molecule has 1 aromatic rings. The molecule has 0 saturated heterocycles. The molecule has 0 spiro atoms. The molecule has 2 N–H and O–H groups in total. The van der Waals surface area contributed by atoms with E-state index in [2.05, 4.69) is 17.0 Å². The van der Waals surface area contributed by atoms with E-state index in [1.807, 2.05) is 13.0 Å². The van der Waals surface area contributed by atoms with Gasteiger partial charge in [0.05, 0.1) is 4.90 Å². The van der Waals surface area contributed by atoms with Crippen LogP contribution in [0.3, 0.4) is 0 Å². The lowest BCUT2D eigenvalue weighted by molar-refractivity contribution is 0.552. The first-order chi connectivity index (χ1) is 9.53. The van der Waals surface area contributed by atoms with Gasteiger partial charge in [-0.25, -0.2) is 13.1 Å². The van der Waals surface area contributed by atoms with Crippen LogP contribution < -0.4 is 10.0 Å². The fourth-order valence-corrected chi connectivity index (χ4v) is 5.50. The summed E-state index contributed by atoms with van der Waals surface area (Å²) in [7, 11) is -3.35. The van der Waals surface area contributed by atoms with E-state index in [0.29, 0.717) is 4.90 Å². The largest absolute Gasteiger partial charge is 0.312 e. The van der Waals surface area contributed by atoms with Crippen LogP contribution in [0.1, 0.15) is 48.8 Å². The summed E-state index contributed by atoms with van der Waals surface area (Å²) in [5, 5.41) is 3.31. The van der Waals surface area contributed by atoms with Gasteiger partial charge in [0.1, 0.15) is 0 Å². The molecule has 0 bridgehead atoms. The maximum Gasteiger partial charge on any atom is 0.241 e. The van der Waals surface area contributed by atoms with E-state index in [-0.39, 0.29) is 6.04 Å². The Morgan fingerprint density at radius 3 is 2.70 bits per heavy atom. The van der Waals surface area contributed by atoms with Crippen LogP contribution in [0.2, 0.25) is 0 Å². The van der Waals surface area contributed by atoms with Gasteiger partial charge in [-0.3, -0.25) is 0 Å². The van der Waals surface area contributed by atoms with Gasteiger partial charge in [-0.15, -0.1) is 11.3 Å². The van der Waals surface area contributed by atoms with Gasteiger partial charge in [0, 0.05) is 22.3 Å². The Hall–Kier alpha value is -0.430. The van der Waals surface area contributed by atoms with Crippen molar-refractivity contribution in [3.05, 3.63) is 15.8 Å². The summed E-state index contributed by atoms with van der Waals surface area (Å²) in [6.45, 7) is 5.71. The number of nitrogens with one attached hydrogen (secondary N) is 2. The van der Waals surface area contributed by atoms with Crippen LogP contribution in [0, 0.1) is 6.92 Å². The van der Waals surface area contributed by atoms with E-state index in [9.17, 15) is 8.42 Å². The van der Waals surface area contributed by atoms with Gasteiger partial charge >= 0.3 is 0 Å². The quantitative estimate of drug-likeness (QED) is 0.761. The second-order valence-corrected chi connectivity index (χ2v) is 8.44. The molecule has 1 fully saturated rings. The molecule has 0 unspecified atom stereocenters. The minimum Gasteiger partial charge on any atom is -0.312 e. The molecule has 114 valence electrons. The van der Waals surface area contributed by atoms with E-state index in [0.717, 1.165) is 54.9 Å². The summed E-state index contributed by atoms with van der Waals surface area (Å²) in [4.78, 5) is 2.43. The van der Waals surface area contributed by atoms with Crippen molar-refractivity contribution < 1.29 is 8.42 Å². The van der Waals surface area contributed by atoms with Crippen LogP contribution in [-0.4, -0.2) is 21.0 Å². The monoisotopic (exact) mass is 316 g/mol. The van der Waals surface area contributed by atoms with Crippen molar-refractivity contribution in [2.24, 2.45) is 0 Å². The highest BCUT2D eigenvalue weighted by Crippen LogP contribution is 2.27.